The number of ether oxygens (including phenoxy) is 4. The van der Waals surface area contributed by atoms with Gasteiger partial charge in [-0.25, -0.2) is 9.79 Å². The molecule has 11 heteroatoms. The van der Waals surface area contributed by atoms with Crippen LogP contribution in [0.25, 0.3) is 6.08 Å². The van der Waals surface area contributed by atoms with E-state index < -0.39 is 12.0 Å². The Morgan fingerprint density at radius 3 is 2.60 bits per heavy atom. The molecule has 0 radical (unpaired) electrons. The maximum absolute atomic E-state index is 14.1. The summed E-state index contributed by atoms with van der Waals surface area (Å²) in [5.41, 5.74) is 3.09. The highest BCUT2D eigenvalue weighted by Gasteiger charge is 2.36. The number of carbonyl (C=O) groups excluding carboxylic acids is 1. The minimum atomic E-state index is -0.849. The Bertz CT molecular complexity index is 2020. The number of carbonyl (C=O) groups is 1. The summed E-state index contributed by atoms with van der Waals surface area (Å²) < 4.78 is 25.6. The van der Waals surface area contributed by atoms with E-state index >= 15 is 0 Å². The first-order valence-electron chi connectivity index (χ1n) is 14.2. The monoisotopic (exact) mass is 687 g/mol. The molecule has 1 atom stereocenters. The molecule has 4 aromatic rings. The van der Waals surface area contributed by atoms with Crippen molar-refractivity contribution in [2.45, 2.75) is 33.4 Å². The lowest BCUT2D eigenvalue weighted by Gasteiger charge is -2.26. The normalized spacial score (nSPS) is 14.3. The average molecular weight is 689 g/mol. The summed E-state index contributed by atoms with van der Waals surface area (Å²) in [5, 5.41) is 9.36. The Morgan fingerprint density at radius 2 is 1.89 bits per heavy atom. The van der Waals surface area contributed by atoms with Gasteiger partial charge in [0.25, 0.3) is 5.56 Å². The Balaban J connectivity index is 1.58. The van der Waals surface area contributed by atoms with Gasteiger partial charge in [0.1, 0.15) is 18.4 Å². The zero-order valence-electron chi connectivity index (χ0n) is 25.1. The van der Waals surface area contributed by atoms with Crippen molar-refractivity contribution >= 4 is 39.3 Å². The number of aromatic nitrogens is 1. The van der Waals surface area contributed by atoms with Gasteiger partial charge in [-0.05, 0) is 72.6 Å². The number of allylic oxidation sites excluding steroid dienone is 1. The molecule has 0 spiro atoms. The van der Waals surface area contributed by atoms with E-state index in [0.29, 0.717) is 54.5 Å². The van der Waals surface area contributed by atoms with Crippen molar-refractivity contribution in [1.82, 2.24) is 4.57 Å². The van der Waals surface area contributed by atoms with Crippen molar-refractivity contribution in [3.63, 3.8) is 0 Å². The second-order valence-corrected chi connectivity index (χ2v) is 11.7. The fraction of sp³-hybridized carbons (Fsp3) is 0.235. The van der Waals surface area contributed by atoms with E-state index in [1.165, 1.54) is 15.9 Å². The zero-order chi connectivity index (χ0) is 32.1. The van der Waals surface area contributed by atoms with Crippen molar-refractivity contribution in [3.8, 4) is 23.3 Å². The van der Waals surface area contributed by atoms with E-state index in [4.69, 9.17) is 18.9 Å². The molecule has 0 N–H and O–H groups in total. The summed E-state index contributed by atoms with van der Waals surface area (Å²) in [4.78, 5) is 32.5. The van der Waals surface area contributed by atoms with Crippen molar-refractivity contribution < 1.29 is 23.7 Å². The number of hydrogen-bond donors (Lipinski definition) is 0. The van der Waals surface area contributed by atoms with Gasteiger partial charge in [-0.1, -0.05) is 47.7 Å². The number of benzene rings is 3. The van der Waals surface area contributed by atoms with Gasteiger partial charge >= 0.3 is 5.97 Å². The van der Waals surface area contributed by atoms with Gasteiger partial charge in [-0.3, -0.25) is 9.36 Å². The van der Waals surface area contributed by atoms with Crippen LogP contribution in [0.1, 0.15) is 49.1 Å². The summed E-state index contributed by atoms with van der Waals surface area (Å²) in [6, 6.07) is 19.5. The third-order valence-electron chi connectivity index (χ3n) is 7.10. The quantitative estimate of drug-likeness (QED) is 0.205. The van der Waals surface area contributed by atoms with Gasteiger partial charge in [0, 0.05) is 11.1 Å². The summed E-state index contributed by atoms with van der Waals surface area (Å²) in [6.45, 7) is 6.08. The number of methoxy groups -OCH3 is 1. The molecule has 5 rings (SSSR count). The number of hydrogen-bond acceptors (Lipinski definition) is 9. The molecule has 0 amide bonds. The van der Waals surface area contributed by atoms with Crippen LogP contribution in [0.3, 0.4) is 0 Å². The largest absolute Gasteiger partial charge is 0.493 e. The highest BCUT2D eigenvalue weighted by Crippen LogP contribution is 2.40. The topological polar surface area (TPSA) is 112 Å². The molecule has 3 aromatic carbocycles. The second kappa shape index (κ2) is 14.0. The van der Waals surface area contributed by atoms with Crippen molar-refractivity contribution in [2.24, 2.45) is 4.99 Å². The van der Waals surface area contributed by atoms with Crippen molar-refractivity contribution in [2.75, 3.05) is 20.3 Å². The molecular weight excluding hydrogens is 658 g/mol. The first-order valence-corrected chi connectivity index (χ1v) is 15.8. The molecule has 1 aliphatic rings. The van der Waals surface area contributed by atoms with Gasteiger partial charge in [0.2, 0.25) is 0 Å². The SMILES string of the molecule is CCOC(=O)C1=C(C)N=c2s/c(=C/c3ccc(OCc4ccccc4C#N)c(Br)c3)c(=O)n2[C@H]1c1cccc(OC)c1OCC. The molecule has 230 valence electrons. The Kier molecular flexibility index (Phi) is 9.86. The van der Waals surface area contributed by atoms with Crippen LogP contribution in [0, 0.1) is 11.3 Å². The Hall–Kier alpha value is -4.66. The van der Waals surface area contributed by atoms with E-state index in [1.54, 1.807) is 51.3 Å². The number of nitrogens with zero attached hydrogens (tertiary/aromatic N) is 3. The second-order valence-electron chi connectivity index (χ2n) is 9.86. The maximum atomic E-state index is 14.1. The predicted octanol–water partition coefficient (Wildman–Crippen LogP) is 5.42. The molecule has 2 heterocycles. The fourth-order valence-electron chi connectivity index (χ4n) is 5.08. The number of fused-ring (bicyclic) bond motifs is 1. The lowest BCUT2D eigenvalue weighted by molar-refractivity contribution is -0.139. The maximum Gasteiger partial charge on any atom is 0.338 e. The van der Waals surface area contributed by atoms with Crippen LogP contribution < -0.4 is 29.1 Å². The van der Waals surface area contributed by atoms with Gasteiger partial charge in [0.05, 0.1) is 52.2 Å². The Morgan fingerprint density at radius 1 is 1.09 bits per heavy atom. The molecule has 0 fully saturated rings. The van der Waals surface area contributed by atoms with Gasteiger partial charge in [-0.15, -0.1) is 0 Å². The van der Waals surface area contributed by atoms with Crippen LogP contribution in [-0.4, -0.2) is 30.9 Å². The van der Waals surface area contributed by atoms with Crippen LogP contribution in [0.4, 0.5) is 0 Å². The zero-order valence-corrected chi connectivity index (χ0v) is 27.5. The lowest BCUT2D eigenvalue weighted by atomic mass is 9.94. The van der Waals surface area contributed by atoms with Gasteiger partial charge in [-0.2, -0.15) is 5.26 Å². The molecular formula is C34H30BrN3O6S. The third kappa shape index (κ3) is 6.43. The summed E-state index contributed by atoms with van der Waals surface area (Å²) in [5.74, 6) is 0.964. The minimum absolute atomic E-state index is 0.169. The van der Waals surface area contributed by atoms with Crippen LogP contribution in [0.15, 0.2) is 86.2 Å². The van der Waals surface area contributed by atoms with Crippen molar-refractivity contribution in [1.29, 1.82) is 5.26 Å². The fourth-order valence-corrected chi connectivity index (χ4v) is 6.64. The van der Waals surface area contributed by atoms with E-state index in [9.17, 15) is 14.9 Å². The molecule has 0 bridgehead atoms. The number of rotatable bonds is 10. The van der Waals surface area contributed by atoms with E-state index in [2.05, 4.69) is 27.0 Å². The highest BCUT2D eigenvalue weighted by atomic mass is 79.9. The number of thiazole rings is 1. The molecule has 1 aromatic heterocycles. The average Bonchev–Trinajstić information content (AvgIpc) is 3.34. The smallest absolute Gasteiger partial charge is 0.338 e. The molecule has 0 saturated heterocycles. The van der Waals surface area contributed by atoms with E-state index in [-0.39, 0.29) is 24.3 Å². The van der Waals surface area contributed by atoms with Crippen LogP contribution >= 0.6 is 27.3 Å². The number of nitriles is 1. The number of halogens is 1. The summed E-state index contributed by atoms with van der Waals surface area (Å²) in [6.07, 6.45) is 1.78. The van der Waals surface area contributed by atoms with E-state index in [1.807, 2.05) is 43.3 Å². The third-order valence-corrected chi connectivity index (χ3v) is 8.71. The highest BCUT2D eigenvalue weighted by molar-refractivity contribution is 9.10. The standard InChI is InChI=1S/C34H30BrN3O6S/c1-5-42-31-24(12-9-13-27(31)41-4)30-29(33(40)43-6-2)20(3)37-34-38(30)32(39)28(45-34)17-21-14-15-26(25(35)16-21)44-19-23-11-8-7-10-22(23)18-36/h7-17,30H,5-6,19H2,1-4H3/b28-17+/t30-/m0/s1. The molecule has 0 unspecified atom stereocenters. The number of para-hydroxylation sites is 1. The van der Waals surface area contributed by atoms with Gasteiger partial charge in [0.15, 0.2) is 16.3 Å². The van der Waals surface area contributed by atoms with Crippen LogP contribution in [0.2, 0.25) is 0 Å². The summed E-state index contributed by atoms with van der Waals surface area (Å²) in [7, 11) is 1.54. The van der Waals surface area contributed by atoms with E-state index in [0.717, 1.165) is 11.1 Å². The Labute approximate surface area is 272 Å². The lowest BCUT2D eigenvalue weighted by Crippen LogP contribution is -2.40. The molecule has 0 saturated carbocycles. The van der Waals surface area contributed by atoms with Gasteiger partial charge < -0.3 is 18.9 Å². The molecule has 1 aliphatic heterocycles. The molecule has 45 heavy (non-hydrogen) atoms. The first-order chi connectivity index (χ1) is 21.8. The van der Waals surface area contributed by atoms with Crippen molar-refractivity contribution in [3.05, 3.63) is 118 Å². The van der Waals surface area contributed by atoms with Crippen LogP contribution in [-0.2, 0) is 16.1 Å². The number of esters is 1. The first kappa shape index (κ1) is 31.8. The predicted molar refractivity (Wildman–Crippen MR) is 174 cm³/mol. The molecule has 0 aliphatic carbocycles. The van der Waals surface area contributed by atoms with Crippen LogP contribution in [0.5, 0.6) is 17.2 Å². The molecule has 9 nitrogen and oxygen atoms in total. The minimum Gasteiger partial charge on any atom is -0.493 e. The summed E-state index contributed by atoms with van der Waals surface area (Å²) >= 11 is 4.81.